The smallest absolute Gasteiger partial charge is 0.336 e. The zero-order valence-corrected chi connectivity index (χ0v) is 17.7. The van der Waals surface area contributed by atoms with Crippen molar-refractivity contribution in [3.05, 3.63) is 93.7 Å². The molecule has 0 saturated heterocycles. The van der Waals surface area contributed by atoms with Crippen LogP contribution in [-0.2, 0) is 4.79 Å². The Bertz CT molecular complexity index is 1080. The van der Waals surface area contributed by atoms with Gasteiger partial charge in [-0.25, -0.2) is 4.79 Å². The monoisotopic (exact) mass is 439 g/mol. The van der Waals surface area contributed by atoms with Crippen molar-refractivity contribution in [2.24, 2.45) is 0 Å². The van der Waals surface area contributed by atoms with E-state index in [1.54, 1.807) is 36.5 Å². The maximum Gasteiger partial charge on any atom is 0.336 e. The van der Waals surface area contributed by atoms with Gasteiger partial charge in [0.05, 0.1) is 12.3 Å². The summed E-state index contributed by atoms with van der Waals surface area (Å²) in [5.74, 6) is 0.273. The SMILES string of the molecule is CCOc1cc(/C=C/c2ccccn2)ccc1OC(=O)/C=C/c1ccc(Cl)cc1Cl. The molecule has 152 valence electrons. The van der Waals surface area contributed by atoms with E-state index in [0.717, 1.165) is 11.3 Å². The van der Waals surface area contributed by atoms with Gasteiger partial charge in [-0.3, -0.25) is 4.98 Å². The number of hydrogen-bond donors (Lipinski definition) is 0. The van der Waals surface area contributed by atoms with Gasteiger partial charge in [-0.1, -0.05) is 47.5 Å². The molecule has 4 nitrogen and oxygen atoms in total. The summed E-state index contributed by atoms with van der Waals surface area (Å²) < 4.78 is 11.1. The number of rotatable bonds is 7. The average Bonchev–Trinajstić information content (AvgIpc) is 2.74. The Morgan fingerprint density at radius 3 is 2.60 bits per heavy atom. The largest absolute Gasteiger partial charge is 0.490 e. The van der Waals surface area contributed by atoms with Crippen LogP contribution in [0.4, 0.5) is 0 Å². The molecule has 0 aliphatic heterocycles. The quantitative estimate of drug-likeness (QED) is 0.237. The van der Waals surface area contributed by atoms with Crippen molar-refractivity contribution in [1.82, 2.24) is 4.98 Å². The van der Waals surface area contributed by atoms with E-state index in [0.29, 0.717) is 33.7 Å². The predicted octanol–water partition coefficient (Wildman–Crippen LogP) is 6.58. The van der Waals surface area contributed by atoms with E-state index in [2.05, 4.69) is 4.98 Å². The van der Waals surface area contributed by atoms with E-state index >= 15 is 0 Å². The first-order chi connectivity index (χ1) is 14.5. The molecular formula is C24H19Cl2NO3. The van der Waals surface area contributed by atoms with Crippen LogP contribution in [0.15, 0.2) is 66.9 Å². The Kier molecular flexibility index (Phi) is 7.66. The van der Waals surface area contributed by atoms with Crippen molar-refractivity contribution in [3.8, 4) is 11.5 Å². The molecule has 6 heteroatoms. The van der Waals surface area contributed by atoms with Gasteiger partial charge in [0.15, 0.2) is 11.5 Å². The molecule has 3 aromatic rings. The summed E-state index contributed by atoms with van der Waals surface area (Å²) in [5, 5.41) is 0.976. The van der Waals surface area contributed by atoms with Gasteiger partial charge in [-0.15, -0.1) is 0 Å². The predicted molar refractivity (Wildman–Crippen MR) is 122 cm³/mol. The molecule has 0 N–H and O–H groups in total. The van der Waals surface area contributed by atoms with Gasteiger partial charge >= 0.3 is 5.97 Å². The lowest BCUT2D eigenvalue weighted by molar-refractivity contribution is -0.129. The Morgan fingerprint density at radius 2 is 1.87 bits per heavy atom. The number of halogens is 2. The fourth-order valence-electron chi connectivity index (χ4n) is 2.57. The lowest BCUT2D eigenvalue weighted by atomic mass is 10.1. The maximum atomic E-state index is 12.3. The van der Waals surface area contributed by atoms with Crippen molar-refractivity contribution in [3.63, 3.8) is 0 Å². The van der Waals surface area contributed by atoms with Gasteiger partial charge in [-0.2, -0.15) is 0 Å². The summed E-state index contributed by atoms with van der Waals surface area (Å²) in [6.45, 7) is 2.30. The number of benzene rings is 2. The third-order valence-corrected chi connectivity index (χ3v) is 4.54. The Morgan fingerprint density at radius 1 is 1.00 bits per heavy atom. The molecule has 2 aromatic carbocycles. The summed E-state index contributed by atoms with van der Waals surface area (Å²) in [6.07, 6.45) is 8.43. The normalized spacial score (nSPS) is 11.2. The molecule has 0 amide bonds. The lowest BCUT2D eigenvalue weighted by Gasteiger charge is -2.10. The molecule has 1 aromatic heterocycles. The molecule has 0 unspecified atom stereocenters. The molecule has 0 aliphatic carbocycles. The van der Waals surface area contributed by atoms with E-state index in [1.165, 1.54) is 6.08 Å². The first kappa shape index (κ1) is 21.6. The van der Waals surface area contributed by atoms with Gasteiger partial charge in [0, 0.05) is 22.3 Å². The van der Waals surface area contributed by atoms with E-state index < -0.39 is 5.97 Å². The summed E-state index contributed by atoms with van der Waals surface area (Å²) in [6, 6.07) is 16.1. The highest BCUT2D eigenvalue weighted by Gasteiger charge is 2.09. The van der Waals surface area contributed by atoms with Crippen LogP contribution in [0.1, 0.15) is 23.7 Å². The fraction of sp³-hybridized carbons (Fsp3) is 0.0833. The van der Waals surface area contributed by atoms with Crippen LogP contribution in [0.2, 0.25) is 10.0 Å². The molecule has 0 aliphatic rings. The lowest BCUT2D eigenvalue weighted by Crippen LogP contribution is -2.06. The van der Waals surface area contributed by atoms with Crippen LogP contribution >= 0.6 is 23.2 Å². The number of pyridine rings is 1. The van der Waals surface area contributed by atoms with Gasteiger partial charge in [0.2, 0.25) is 0 Å². The van der Waals surface area contributed by atoms with Crippen molar-refractivity contribution in [2.75, 3.05) is 6.61 Å². The van der Waals surface area contributed by atoms with Gasteiger partial charge in [0.1, 0.15) is 0 Å². The Labute approximate surface area is 185 Å². The summed E-state index contributed by atoms with van der Waals surface area (Å²) in [5.41, 5.74) is 2.41. The van der Waals surface area contributed by atoms with Gasteiger partial charge < -0.3 is 9.47 Å². The third-order valence-electron chi connectivity index (χ3n) is 3.97. The van der Waals surface area contributed by atoms with E-state index in [9.17, 15) is 4.79 Å². The number of esters is 1. The second-order valence-corrected chi connectivity index (χ2v) is 6.99. The zero-order chi connectivity index (χ0) is 21.3. The Balaban J connectivity index is 1.73. The van der Waals surface area contributed by atoms with E-state index in [4.69, 9.17) is 32.7 Å². The molecule has 0 radical (unpaired) electrons. The maximum absolute atomic E-state index is 12.3. The summed E-state index contributed by atoms with van der Waals surface area (Å²) >= 11 is 12.0. The number of ether oxygens (including phenoxy) is 2. The average molecular weight is 440 g/mol. The molecule has 0 saturated carbocycles. The standard InChI is InChI=1S/C24H19Cl2NO3/c1-2-29-23-15-17(6-11-20-5-3-4-14-27-20)7-12-22(23)30-24(28)13-9-18-8-10-19(25)16-21(18)26/h3-16H,2H2,1H3/b11-6+,13-9+. The summed E-state index contributed by atoms with van der Waals surface area (Å²) in [4.78, 5) is 16.5. The number of nitrogens with zero attached hydrogens (tertiary/aromatic N) is 1. The molecule has 0 fully saturated rings. The van der Waals surface area contributed by atoms with Gasteiger partial charge in [0.25, 0.3) is 0 Å². The van der Waals surface area contributed by atoms with Crippen molar-refractivity contribution >= 4 is 47.4 Å². The van der Waals surface area contributed by atoms with Crippen LogP contribution in [0.5, 0.6) is 11.5 Å². The minimum Gasteiger partial charge on any atom is -0.490 e. The van der Waals surface area contributed by atoms with Crippen molar-refractivity contribution < 1.29 is 14.3 Å². The number of carbonyl (C=O) groups excluding carboxylic acids is 1. The minimum absolute atomic E-state index is 0.337. The number of aromatic nitrogens is 1. The molecule has 30 heavy (non-hydrogen) atoms. The van der Waals surface area contributed by atoms with Crippen molar-refractivity contribution in [1.29, 1.82) is 0 Å². The topological polar surface area (TPSA) is 48.4 Å². The second-order valence-electron chi connectivity index (χ2n) is 6.15. The Hall–Kier alpha value is -3.08. The molecule has 0 bridgehead atoms. The summed E-state index contributed by atoms with van der Waals surface area (Å²) in [7, 11) is 0. The van der Waals surface area contributed by atoms with Crippen molar-refractivity contribution in [2.45, 2.75) is 6.92 Å². The molecule has 0 atom stereocenters. The molecular weight excluding hydrogens is 421 g/mol. The van der Waals surface area contributed by atoms with Crippen LogP contribution in [0.3, 0.4) is 0 Å². The second kappa shape index (κ2) is 10.6. The number of carbonyl (C=O) groups is 1. The molecule has 0 spiro atoms. The van der Waals surface area contributed by atoms with Crippen LogP contribution < -0.4 is 9.47 Å². The molecule has 1 heterocycles. The highest BCUT2D eigenvalue weighted by molar-refractivity contribution is 6.35. The first-order valence-electron chi connectivity index (χ1n) is 9.26. The van der Waals surface area contributed by atoms with Crippen LogP contribution in [0.25, 0.3) is 18.2 Å². The van der Waals surface area contributed by atoms with E-state index in [1.807, 2.05) is 49.4 Å². The highest BCUT2D eigenvalue weighted by atomic mass is 35.5. The van der Waals surface area contributed by atoms with E-state index in [-0.39, 0.29) is 0 Å². The van der Waals surface area contributed by atoms with Gasteiger partial charge in [-0.05, 0) is 66.6 Å². The minimum atomic E-state index is -0.543. The first-order valence-corrected chi connectivity index (χ1v) is 10.0. The highest BCUT2D eigenvalue weighted by Crippen LogP contribution is 2.30. The van der Waals surface area contributed by atoms with Crippen LogP contribution in [0, 0.1) is 0 Å². The number of hydrogen-bond acceptors (Lipinski definition) is 4. The molecule has 3 rings (SSSR count). The van der Waals surface area contributed by atoms with Crippen LogP contribution in [-0.4, -0.2) is 17.6 Å². The third kappa shape index (κ3) is 6.21. The fourth-order valence-corrected chi connectivity index (χ4v) is 3.05. The zero-order valence-electron chi connectivity index (χ0n) is 16.2.